The smallest absolute Gasteiger partial charge is 0.307 e. The van der Waals surface area contributed by atoms with Gasteiger partial charge in [-0.2, -0.15) is 0 Å². The van der Waals surface area contributed by atoms with Gasteiger partial charge in [0, 0.05) is 33.6 Å². The quantitative estimate of drug-likeness (QED) is 0.750. The Labute approximate surface area is 96.0 Å². The maximum atomic E-state index is 11.4. The third-order valence-corrected chi connectivity index (χ3v) is 3.00. The summed E-state index contributed by atoms with van der Waals surface area (Å²) < 4.78 is 0. The molecule has 1 aliphatic heterocycles. The van der Waals surface area contributed by atoms with E-state index in [0.717, 1.165) is 19.4 Å². The number of amides is 1. The van der Waals surface area contributed by atoms with Crippen LogP contribution in [0.3, 0.4) is 0 Å². The first-order valence-corrected chi connectivity index (χ1v) is 5.66. The third-order valence-electron chi connectivity index (χ3n) is 3.00. The lowest BCUT2D eigenvalue weighted by Crippen LogP contribution is -2.40. The molecule has 0 saturated carbocycles. The van der Waals surface area contributed by atoms with Gasteiger partial charge in [0.1, 0.15) is 0 Å². The van der Waals surface area contributed by atoms with Crippen LogP contribution in [0.15, 0.2) is 0 Å². The van der Waals surface area contributed by atoms with E-state index in [-0.39, 0.29) is 11.8 Å². The van der Waals surface area contributed by atoms with Crippen molar-refractivity contribution in [2.45, 2.75) is 19.3 Å². The van der Waals surface area contributed by atoms with Gasteiger partial charge in [0.15, 0.2) is 0 Å². The van der Waals surface area contributed by atoms with Gasteiger partial charge >= 0.3 is 5.97 Å². The molecule has 0 spiro atoms. The van der Waals surface area contributed by atoms with Crippen LogP contribution in [0.1, 0.15) is 19.3 Å². The van der Waals surface area contributed by atoms with Crippen molar-refractivity contribution in [2.24, 2.45) is 5.92 Å². The van der Waals surface area contributed by atoms with E-state index in [1.165, 1.54) is 0 Å². The van der Waals surface area contributed by atoms with Gasteiger partial charge in [-0.05, 0) is 19.4 Å². The SMILES string of the molecule is CN(C)C(=O)CCN1CCCC(C(=O)O)C1. The van der Waals surface area contributed by atoms with Crippen LogP contribution in [0.2, 0.25) is 0 Å². The molecule has 1 saturated heterocycles. The zero-order valence-electron chi connectivity index (χ0n) is 9.98. The minimum atomic E-state index is -0.719. The highest BCUT2D eigenvalue weighted by Gasteiger charge is 2.25. The summed E-state index contributed by atoms with van der Waals surface area (Å²) in [6.07, 6.45) is 2.14. The van der Waals surface area contributed by atoms with Crippen LogP contribution in [0.5, 0.6) is 0 Å². The summed E-state index contributed by atoms with van der Waals surface area (Å²) in [5, 5.41) is 8.92. The van der Waals surface area contributed by atoms with Crippen LogP contribution in [0, 0.1) is 5.92 Å². The van der Waals surface area contributed by atoms with Gasteiger partial charge in [-0.15, -0.1) is 0 Å². The standard InChI is InChI=1S/C11H20N2O3/c1-12(2)10(14)5-7-13-6-3-4-9(8-13)11(15)16/h9H,3-8H2,1-2H3,(H,15,16). The predicted octanol–water partition coefficient (Wildman–Crippen LogP) is 0.261. The van der Waals surface area contributed by atoms with Crippen molar-refractivity contribution < 1.29 is 14.7 Å². The van der Waals surface area contributed by atoms with Gasteiger partial charge in [0.05, 0.1) is 5.92 Å². The molecule has 0 aromatic carbocycles. The highest BCUT2D eigenvalue weighted by Crippen LogP contribution is 2.16. The van der Waals surface area contributed by atoms with Gasteiger partial charge in [0.25, 0.3) is 0 Å². The van der Waals surface area contributed by atoms with Gasteiger partial charge < -0.3 is 14.9 Å². The number of nitrogens with zero attached hydrogens (tertiary/aromatic N) is 2. The van der Waals surface area contributed by atoms with E-state index in [0.29, 0.717) is 19.5 Å². The number of piperidine rings is 1. The molecule has 1 amide bonds. The van der Waals surface area contributed by atoms with Crippen LogP contribution >= 0.6 is 0 Å². The monoisotopic (exact) mass is 228 g/mol. The lowest BCUT2D eigenvalue weighted by atomic mass is 9.98. The number of rotatable bonds is 4. The second kappa shape index (κ2) is 5.84. The third kappa shape index (κ3) is 3.81. The maximum absolute atomic E-state index is 11.4. The molecule has 1 heterocycles. The molecule has 0 radical (unpaired) electrons. The minimum absolute atomic E-state index is 0.0949. The zero-order chi connectivity index (χ0) is 12.1. The first-order chi connectivity index (χ1) is 7.50. The summed E-state index contributed by atoms with van der Waals surface area (Å²) >= 11 is 0. The summed E-state index contributed by atoms with van der Waals surface area (Å²) in [6, 6.07) is 0. The van der Waals surface area contributed by atoms with Gasteiger partial charge in [-0.25, -0.2) is 0 Å². The average molecular weight is 228 g/mol. The lowest BCUT2D eigenvalue weighted by molar-refractivity contribution is -0.143. The van der Waals surface area contributed by atoms with E-state index >= 15 is 0 Å². The molecule has 1 atom stereocenters. The van der Waals surface area contributed by atoms with Crippen molar-refractivity contribution in [2.75, 3.05) is 33.7 Å². The number of aliphatic carboxylic acids is 1. The van der Waals surface area contributed by atoms with Gasteiger partial charge in [-0.1, -0.05) is 0 Å². The van der Waals surface area contributed by atoms with Crippen molar-refractivity contribution in [3.05, 3.63) is 0 Å². The molecule has 0 aromatic rings. The van der Waals surface area contributed by atoms with Crippen molar-refractivity contribution in [3.8, 4) is 0 Å². The van der Waals surface area contributed by atoms with E-state index in [2.05, 4.69) is 4.90 Å². The molecular formula is C11H20N2O3. The Balaban J connectivity index is 2.32. The second-order valence-corrected chi connectivity index (χ2v) is 4.52. The minimum Gasteiger partial charge on any atom is -0.481 e. The van der Waals surface area contributed by atoms with E-state index in [4.69, 9.17) is 5.11 Å². The Bertz CT molecular complexity index is 266. The molecule has 0 aliphatic carbocycles. The molecule has 1 fully saturated rings. The summed E-state index contributed by atoms with van der Waals surface area (Å²) in [7, 11) is 3.47. The largest absolute Gasteiger partial charge is 0.481 e. The molecule has 1 rings (SSSR count). The molecule has 1 unspecified atom stereocenters. The fraction of sp³-hybridized carbons (Fsp3) is 0.818. The molecule has 16 heavy (non-hydrogen) atoms. The highest BCUT2D eigenvalue weighted by molar-refractivity contribution is 5.75. The van der Waals surface area contributed by atoms with Crippen LogP contribution in [0.25, 0.3) is 0 Å². The zero-order valence-corrected chi connectivity index (χ0v) is 9.98. The molecule has 1 aliphatic rings. The molecule has 92 valence electrons. The molecule has 0 aromatic heterocycles. The van der Waals surface area contributed by atoms with Crippen molar-refractivity contribution in [3.63, 3.8) is 0 Å². The summed E-state index contributed by atoms with van der Waals surface area (Å²) in [4.78, 5) is 25.9. The Morgan fingerprint density at radius 3 is 2.69 bits per heavy atom. The van der Waals surface area contributed by atoms with E-state index in [1.807, 2.05) is 0 Å². The fourth-order valence-corrected chi connectivity index (χ4v) is 1.94. The Morgan fingerprint density at radius 1 is 1.44 bits per heavy atom. The Hall–Kier alpha value is -1.10. The van der Waals surface area contributed by atoms with Gasteiger partial charge in [-0.3, -0.25) is 9.59 Å². The lowest BCUT2D eigenvalue weighted by Gasteiger charge is -2.30. The average Bonchev–Trinajstić information content (AvgIpc) is 2.26. The van der Waals surface area contributed by atoms with Crippen LogP contribution in [-0.4, -0.2) is 60.5 Å². The number of carbonyl (C=O) groups is 2. The molecule has 0 bridgehead atoms. The van der Waals surface area contributed by atoms with Crippen LogP contribution in [-0.2, 0) is 9.59 Å². The van der Waals surface area contributed by atoms with Gasteiger partial charge in [0.2, 0.25) is 5.91 Å². The summed E-state index contributed by atoms with van der Waals surface area (Å²) in [5.41, 5.74) is 0. The highest BCUT2D eigenvalue weighted by atomic mass is 16.4. The molecule has 5 heteroatoms. The predicted molar refractivity (Wildman–Crippen MR) is 60.1 cm³/mol. The molecule has 1 N–H and O–H groups in total. The first-order valence-electron chi connectivity index (χ1n) is 5.66. The normalized spacial score (nSPS) is 21.8. The van der Waals surface area contributed by atoms with Crippen LogP contribution in [0.4, 0.5) is 0 Å². The van der Waals surface area contributed by atoms with Crippen LogP contribution < -0.4 is 0 Å². The number of likely N-dealkylation sites (tertiary alicyclic amines) is 1. The first kappa shape index (κ1) is 13.0. The van der Waals surface area contributed by atoms with E-state index < -0.39 is 5.97 Å². The number of hydrogen-bond donors (Lipinski definition) is 1. The number of carboxylic acid groups (broad SMARTS) is 1. The summed E-state index contributed by atoms with van der Waals surface area (Å²) in [5.74, 6) is -0.885. The summed E-state index contributed by atoms with van der Waals surface area (Å²) in [6.45, 7) is 2.15. The van der Waals surface area contributed by atoms with Crippen molar-refractivity contribution in [1.29, 1.82) is 0 Å². The molecule has 5 nitrogen and oxygen atoms in total. The second-order valence-electron chi connectivity index (χ2n) is 4.52. The van der Waals surface area contributed by atoms with E-state index in [9.17, 15) is 9.59 Å². The van der Waals surface area contributed by atoms with Crippen molar-refractivity contribution in [1.82, 2.24) is 9.80 Å². The number of hydrogen-bond acceptors (Lipinski definition) is 3. The van der Waals surface area contributed by atoms with Crippen molar-refractivity contribution >= 4 is 11.9 Å². The number of carbonyl (C=O) groups excluding carboxylic acids is 1. The topological polar surface area (TPSA) is 60.9 Å². The Kier molecular flexibility index (Phi) is 4.73. The maximum Gasteiger partial charge on any atom is 0.307 e. The fourth-order valence-electron chi connectivity index (χ4n) is 1.94. The number of carboxylic acids is 1. The Morgan fingerprint density at radius 2 is 2.12 bits per heavy atom. The molecular weight excluding hydrogens is 208 g/mol. The van der Waals surface area contributed by atoms with E-state index in [1.54, 1.807) is 19.0 Å².